The Hall–Kier alpha value is -0.900. The fourth-order valence-electron chi connectivity index (χ4n) is 2.57. The molecule has 1 aromatic rings. The van der Waals surface area contributed by atoms with Gasteiger partial charge in [-0.05, 0) is 32.0 Å². The van der Waals surface area contributed by atoms with Gasteiger partial charge in [-0.25, -0.2) is 0 Å². The number of hydrogen-bond donors (Lipinski definition) is 2. The Morgan fingerprint density at radius 2 is 1.81 bits per heavy atom. The highest BCUT2D eigenvalue weighted by Gasteiger charge is 2.29. The van der Waals surface area contributed by atoms with Gasteiger partial charge in [-0.1, -0.05) is 51.1 Å². The third kappa shape index (κ3) is 5.77. The number of likely N-dealkylation sites (N-methyl/N-ethyl adjacent to an activating group) is 1. The SMILES string of the molecule is CC(C)CNCC(C)(CN(C)C(C)CO)c1ccccc1. The second kappa shape index (κ2) is 8.52. The fourth-order valence-corrected chi connectivity index (χ4v) is 2.57. The molecule has 3 nitrogen and oxygen atoms in total. The van der Waals surface area contributed by atoms with Crippen LogP contribution >= 0.6 is 0 Å². The molecule has 0 aliphatic heterocycles. The van der Waals surface area contributed by atoms with Gasteiger partial charge in [0.25, 0.3) is 0 Å². The summed E-state index contributed by atoms with van der Waals surface area (Å²) < 4.78 is 0. The van der Waals surface area contributed by atoms with E-state index in [9.17, 15) is 5.11 Å². The first kappa shape index (κ1) is 18.1. The van der Waals surface area contributed by atoms with Crippen LogP contribution in [0, 0.1) is 5.92 Å². The molecule has 0 fully saturated rings. The molecular weight excluding hydrogens is 260 g/mol. The van der Waals surface area contributed by atoms with Crippen LogP contribution < -0.4 is 5.32 Å². The quantitative estimate of drug-likeness (QED) is 0.734. The Balaban J connectivity index is 2.83. The zero-order valence-corrected chi connectivity index (χ0v) is 14.3. The summed E-state index contributed by atoms with van der Waals surface area (Å²) in [5.41, 5.74) is 1.38. The summed E-state index contributed by atoms with van der Waals surface area (Å²) >= 11 is 0. The molecule has 0 aliphatic rings. The van der Waals surface area contributed by atoms with E-state index in [1.165, 1.54) is 5.56 Å². The Labute approximate surface area is 130 Å². The van der Waals surface area contributed by atoms with Gasteiger partial charge in [0.2, 0.25) is 0 Å². The first-order chi connectivity index (χ1) is 9.89. The van der Waals surface area contributed by atoms with Crippen LogP contribution in [0.4, 0.5) is 0 Å². The molecule has 0 amide bonds. The highest BCUT2D eigenvalue weighted by Crippen LogP contribution is 2.24. The minimum Gasteiger partial charge on any atom is -0.395 e. The van der Waals surface area contributed by atoms with Crippen LogP contribution in [-0.4, -0.2) is 49.3 Å². The van der Waals surface area contributed by atoms with Crippen molar-refractivity contribution in [3.05, 3.63) is 35.9 Å². The Morgan fingerprint density at radius 3 is 2.33 bits per heavy atom. The van der Waals surface area contributed by atoms with Gasteiger partial charge in [-0.15, -0.1) is 0 Å². The zero-order chi connectivity index (χ0) is 15.9. The minimum absolute atomic E-state index is 0.0360. The fraction of sp³-hybridized carbons (Fsp3) is 0.667. The van der Waals surface area contributed by atoms with Crippen molar-refractivity contribution in [3.63, 3.8) is 0 Å². The van der Waals surface area contributed by atoms with E-state index in [4.69, 9.17) is 0 Å². The lowest BCUT2D eigenvalue weighted by Crippen LogP contribution is -2.48. The molecule has 1 rings (SSSR count). The lowest BCUT2D eigenvalue weighted by molar-refractivity contribution is 0.135. The van der Waals surface area contributed by atoms with E-state index in [-0.39, 0.29) is 18.1 Å². The summed E-state index contributed by atoms with van der Waals surface area (Å²) in [4.78, 5) is 2.24. The summed E-state index contributed by atoms with van der Waals surface area (Å²) in [6.45, 7) is 11.9. The van der Waals surface area contributed by atoms with Crippen molar-refractivity contribution in [2.24, 2.45) is 5.92 Å². The van der Waals surface area contributed by atoms with Crippen molar-refractivity contribution in [1.82, 2.24) is 10.2 Å². The molecule has 0 saturated heterocycles. The Bertz CT molecular complexity index is 393. The van der Waals surface area contributed by atoms with E-state index >= 15 is 0 Å². The molecule has 0 heterocycles. The number of aliphatic hydroxyl groups is 1. The van der Waals surface area contributed by atoms with Crippen LogP contribution in [0.25, 0.3) is 0 Å². The monoisotopic (exact) mass is 292 g/mol. The number of nitrogens with zero attached hydrogens (tertiary/aromatic N) is 1. The molecule has 2 atom stereocenters. The molecule has 2 N–H and O–H groups in total. The normalized spacial score (nSPS) is 16.2. The lowest BCUT2D eigenvalue weighted by Gasteiger charge is -2.37. The predicted octanol–water partition coefficient (Wildman–Crippen LogP) is 2.50. The predicted molar refractivity (Wildman–Crippen MR) is 90.7 cm³/mol. The maximum Gasteiger partial charge on any atom is 0.0584 e. The molecule has 1 aromatic carbocycles. The molecule has 21 heavy (non-hydrogen) atoms. The van der Waals surface area contributed by atoms with Crippen LogP contribution in [0.1, 0.15) is 33.3 Å². The second-order valence-electron chi connectivity index (χ2n) is 6.90. The first-order valence-electron chi connectivity index (χ1n) is 7.96. The summed E-state index contributed by atoms with van der Waals surface area (Å²) in [7, 11) is 2.09. The average Bonchev–Trinajstić information content (AvgIpc) is 2.46. The zero-order valence-electron chi connectivity index (χ0n) is 14.3. The number of nitrogens with one attached hydrogen (secondary N) is 1. The van der Waals surface area contributed by atoms with Gasteiger partial charge in [0.15, 0.2) is 0 Å². The molecule has 0 bridgehead atoms. The van der Waals surface area contributed by atoms with E-state index in [2.05, 4.69) is 75.3 Å². The molecule has 0 radical (unpaired) electrons. The van der Waals surface area contributed by atoms with Crippen LogP contribution in [0.5, 0.6) is 0 Å². The Kier molecular flexibility index (Phi) is 7.36. The van der Waals surface area contributed by atoms with Gasteiger partial charge in [-0.2, -0.15) is 0 Å². The maximum atomic E-state index is 9.36. The van der Waals surface area contributed by atoms with E-state index in [0.29, 0.717) is 5.92 Å². The Morgan fingerprint density at radius 1 is 1.19 bits per heavy atom. The van der Waals surface area contributed by atoms with Crippen LogP contribution in [0.3, 0.4) is 0 Å². The van der Waals surface area contributed by atoms with Crippen molar-refractivity contribution in [2.75, 3.05) is 33.3 Å². The largest absolute Gasteiger partial charge is 0.395 e. The van der Waals surface area contributed by atoms with E-state index in [1.54, 1.807) is 0 Å². The highest BCUT2D eigenvalue weighted by atomic mass is 16.3. The summed E-state index contributed by atoms with van der Waals surface area (Å²) in [5, 5.41) is 13.0. The smallest absolute Gasteiger partial charge is 0.0584 e. The van der Waals surface area contributed by atoms with Crippen LogP contribution in [0.2, 0.25) is 0 Å². The molecule has 120 valence electrons. The van der Waals surface area contributed by atoms with Gasteiger partial charge in [0.05, 0.1) is 6.61 Å². The standard InChI is InChI=1S/C18H32N2O/c1-15(2)11-19-13-18(4,14-20(5)16(3)12-21)17-9-7-6-8-10-17/h6-10,15-16,19,21H,11-14H2,1-5H3. The number of benzene rings is 1. The van der Waals surface area contributed by atoms with E-state index in [0.717, 1.165) is 19.6 Å². The molecular formula is C18H32N2O. The summed E-state index contributed by atoms with van der Waals surface area (Å²) in [5.74, 6) is 0.652. The van der Waals surface area contributed by atoms with Crippen molar-refractivity contribution < 1.29 is 5.11 Å². The summed E-state index contributed by atoms with van der Waals surface area (Å²) in [6.07, 6.45) is 0. The molecule has 0 spiro atoms. The second-order valence-corrected chi connectivity index (χ2v) is 6.90. The maximum absolute atomic E-state index is 9.36. The number of rotatable bonds is 9. The van der Waals surface area contributed by atoms with Crippen LogP contribution in [0.15, 0.2) is 30.3 Å². The molecule has 0 aromatic heterocycles. The van der Waals surface area contributed by atoms with Gasteiger partial charge in [-0.3, -0.25) is 0 Å². The highest BCUT2D eigenvalue weighted by molar-refractivity contribution is 5.25. The molecule has 0 saturated carbocycles. The topological polar surface area (TPSA) is 35.5 Å². The van der Waals surface area contributed by atoms with Gasteiger partial charge in [0.1, 0.15) is 0 Å². The third-order valence-electron chi connectivity index (χ3n) is 4.15. The minimum atomic E-state index is 0.0360. The van der Waals surface area contributed by atoms with E-state index < -0.39 is 0 Å². The summed E-state index contributed by atoms with van der Waals surface area (Å²) in [6, 6.07) is 10.9. The average molecular weight is 292 g/mol. The third-order valence-corrected chi connectivity index (χ3v) is 4.15. The number of hydrogen-bond acceptors (Lipinski definition) is 3. The van der Waals surface area contributed by atoms with Gasteiger partial charge >= 0.3 is 0 Å². The van der Waals surface area contributed by atoms with Gasteiger partial charge < -0.3 is 15.3 Å². The van der Waals surface area contributed by atoms with Gasteiger partial charge in [0, 0.05) is 24.5 Å². The van der Waals surface area contributed by atoms with Crippen molar-refractivity contribution in [3.8, 4) is 0 Å². The molecule has 3 heteroatoms. The van der Waals surface area contributed by atoms with Crippen molar-refractivity contribution in [1.29, 1.82) is 0 Å². The van der Waals surface area contributed by atoms with Crippen molar-refractivity contribution >= 4 is 0 Å². The number of aliphatic hydroxyl groups excluding tert-OH is 1. The van der Waals surface area contributed by atoms with E-state index in [1.807, 2.05) is 0 Å². The molecule has 0 aliphatic carbocycles. The lowest BCUT2D eigenvalue weighted by atomic mass is 9.81. The van der Waals surface area contributed by atoms with Crippen molar-refractivity contribution in [2.45, 2.75) is 39.2 Å². The molecule has 2 unspecified atom stereocenters. The first-order valence-corrected chi connectivity index (χ1v) is 7.96. The van der Waals surface area contributed by atoms with Crippen LogP contribution in [-0.2, 0) is 5.41 Å².